The van der Waals surface area contributed by atoms with Crippen molar-refractivity contribution in [3.05, 3.63) is 59.7 Å². The van der Waals surface area contributed by atoms with Crippen LogP contribution in [0.2, 0.25) is 0 Å². The van der Waals surface area contributed by atoms with Gasteiger partial charge in [0.05, 0.1) is 7.11 Å². The van der Waals surface area contributed by atoms with Crippen LogP contribution in [0, 0.1) is 6.92 Å². The van der Waals surface area contributed by atoms with Crippen LogP contribution in [0.1, 0.15) is 11.1 Å². The van der Waals surface area contributed by atoms with Crippen molar-refractivity contribution < 1.29 is 4.74 Å². The lowest BCUT2D eigenvalue weighted by Crippen LogP contribution is -2.10. The Morgan fingerprint density at radius 1 is 1.00 bits per heavy atom. The van der Waals surface area contributed by atoms with Crippen molar-refractivity contribution in [2.24, 2.45) is 0 Å². The summed E-state index contributed by atoms with van der Waals surface area (Å²) < 4.78 is 5.11. The van der Waals surface area contributed by atoms with Gasteiger partial charge >= 0.3 is 0 Å². The summed E-state index contributed by atoms with van der Waals surface area (Å²) in [5.41, 5.74) is 3.21. The van der Waals surface area contributed by atoms with Gasteiger partial charge in [-0.3, -0.25) is 0 Å². The molecule has 0 unspecified atom stereocenters. The third-order valence-electron chi connectivity index (χ3n) is 2.66. The van der Waals surface area contributed by atoms with Crippen LogP contribution in [0.25, 0.3) is 0 Å². The van der Waals surface area contributed by atoms with E-state index in [2.05, 4.69) is 24.4 Å². The molecule has 0 bridgehead atoms. The Hall–Kier alpha value is -1.87. The Balaban J connectivity index is 2.08. The van der Waals surface area contributed by atoms with Crippen molar-refractivity contribution in [2.45, 2.75) is 6.92 Å². The number of thiocarbonyl (C=S) groups is 1. The van der Waals surface area contributed by atoms with E-state index in [1.165, 1.54) is 5.56 Å². The molecule has 2 rings (SSSR count). The lowest BCUT2D eigenvalue weighted by Gasteiger charge is -2.09. The highest BCUT2D eigenvalue weighted by atomic mass is 32.1. The molecule has 18 heavy (non-hydrogen) atoms. The molecule has 3 heteroatoms. The molecule has 92 valence electrons. The van der Waals surface area contributed by atoms with Gasteiger partial charge in [-0.2, -0.15) is 0 Å². The maximum atomic E-state index is 5.36. The highest BCUT2D eigenvalue weighted by molar-refractivity contribution is 7.81. The molecule has 0 atom stereocenters. The first-order valence-electron chi connectivity index (χ1n) is 5.71. The lowest BCUT2D eigenvalue weighted by atomic mass is 10.1. The molecule has 2 aromatic carbocycles. The molecule has 0 saturated heterocycles. The van der Waals surface area contributed by atoms with Crippen LogP contribution in [-0.2, 0) is 0 Å². The Kier molecular flexibility index (Phi) is 3.95. The molecule has 2 aromatic rings. The summed E-state index contributed by atoms with van der Waals surface area (Å²) >= 11 is 5.36. The van der Waals surface area contributed by atoms with Gasteiger partial charge in [0, 0.05) is 11.3 Å². The Bertz CT molecular complexity index is 531. The van der Waals surface area contributed by atoms with E-state index in [4.69, 9.17) is 17.0 Å². The Morgan fingerprint density at radius 2 is 1.61 bits per heavy atom. The number of ether oxygens (including phenoxy) is 1. The largest absolute Gasteiger partial charge is 0.497 e. The maximum Gasteiger partial charge on any atom is 0.119 e. The molecule has 0 heterocycles. The summed E-state index contributed by atoms with van der Waals surface area (Å²) in [7, 11) is 1.65. The smallest absolute Gasteiger partial charge is 0.119 e. The van der Waals surface area contributed by atoms with Gasteiger partial charge in [0.2, 0.25) is 0 Å². The molecule has 0 spiro atoms. The first-order valence-corrected chi connectivity index (χ1v) is 6.12. The highest BCUT2D eigenvalue weighted by Crippen LogP contribution is 2.16. The molecule has 0 fully saturated rings. The van der Waals surface area contributed by atoms with Crippen molar-refractivity contribution in [3.8, 4) is 5.75 Å². The van der Waals surface area contributed by atoms with Crippen molar-refractivity contribution >= 4 is 22.9 Å². The molecule has 0 saturated carbocycles. The minimum Gasteiger partial charge on any atom is -0.497 e. The molecule has 2 nitrogen and oxygen atoms in total. The number of rotatable bonds is 3. The van der Waals surface area contributed by atoms with Gasteiger partial charge in [-0.05, 0) is 31.2 Å². The van der Waals surface area contributed by atoms with Gasteiger partial charge in [-0.15, -0.1) is 0 Å². The standard InChI is InChI=1S/C15H15NOS/c1-11-3-5-12(6-4-11)15(18)16-13-7-9-14(17-2)10-8-13/h3-10H,1-2H3,(H,16,18). The van der Waals surface area contributed by atoms with Gasteiger partial charge in [-0.25, -0.2) is 0 Å². The number of benzene rings is 2. The normalized spacial score (nSPS) is 9.89. The number of hydrogen-bond donors (Lipinski definition) is 1. The summed E-state index contributed by atoms with van der Waals surface area (Å²) in [6.45, 7) is 2.06. The topological polar surface area (TPSA) is 21.3 Å². The molecular weight excluding hydrogens is 242 g/mol. The van der Waals surface area contributed by atoms with Crippen LogP contribution in [-0.4, -0.2) is 12.1 Å². The molecular formula is C15H15NOS. The van der Waals surface area contributed by atoms with E-state index in [9.17, 15) is 0 Å². The summed E-state index contributed by atoms with van der Waals surface area (Å²) in [4.78, 5) is 0.722. The van der Waals surface area contributed by atoms with E-state index in [1.54, 1.807) is 7.11 Å². The van der Waals surface area contributed by atoms with Crippen LogP contribution in [0.15, 0.2) is 48.5 Å². The monoisotopic (exact) mass is 257 g/mol. The minimum atomic E-state index is 0.722. The third-order valence-corrected chi connectivity index (χ3v) is 3.00. The number of hydrogen-bond acceptors (Lipinski definition) is 2. The molecule has 0 aromatic heterocycles. The van der Waals surface area contributed by atoms with Crippen molar-refractivity contribution in [1.82, 2.24) is 0 Å². The Morgan fingerprint density at radius 3 is 2.17 bits per heavy atom. The highest BCUT2D eigenvalue weighted by Gasteiger charge is 2.01. The number of anilines is 1. The van der Waals surface area contributed by atoms with E-state index in [0.29, 0.717) is 0 Å². The molecule has 0 radical (unpaired) electrons. The van der Waals surface area contributed by atoms with Crippen LogP contribution in [0.3, 0.4) is 0 Å². The van der Waals surface area contributed by atoms with Crippen LogP contribution < -0.4 is 10.1 Å². The number of aryl methyl sites for hydroxylation is 1. The first kappa shape index (κ1) is 12.6. The second-order valence-electron chi connectivity index (χ2n) is 4.05. The van der Waals surface area contributed by atoms with E-state index in [1.807, 2.05) is 36.4 Å². The second kappa shape index (κ2) is 5.65. The molecule has 1 N–H and O–H groups in total. The zero-order valence-corrected chi connectivity index (χ0v) is 11.3. The van der Waals surface area contributed by atoms with E-state index in [-0.39, 0.29) is 0 Å². The maximum absolute atomic E-state index is 5.36. The van der Waals surface area contributed by atoms with Crippen LogP contribution in [0.4, 0.5) is 5.69 Å². The predicted molar refractivity (Wildman–Crippen MR) is 79.5 cm³/mol. The van der Waals surface area contributed by atoms with Gasteiger partial charge in [-0.1, -0.05) is 42.0 Å². The van der Waals surface area contributed by atoms with E-state index >= 15 is 0 Å². The van der Waals surface area contributed by atoms with Gasteiger partial charge in [0.1, 0.15) is 10.7 Å². The van der Waals surface area contributed by atoms with Gasteiger partial charge in [0.25, 0.3) is 0 Å². The van der Waals surface area contributed by atoms with Gasteiger partial charge < -0.3 is 10.1 Å². The SMILES string of the molecule is COc1ccc(NC(=S)c2ccc(C)cc2)cc1. The summed E-state index contributed by atoms with van der Waals surface area (Å²) in [6.07, 6.45) is 0. The predicted octanol–water partition coefficient (Wildman–Crippen LogP) is 3.79. The molecule has 0 aliphatic rings. The fourth-order valence-electron chi connectivity index (χ4n) is 1.58. The summed E-state index contributed by atoms with van der Waals surface area (Å²) in [5, 5.41) is 3.20. The zero-order valence-electron chi connectivity index (χ0n) is 10.4. The van der Waals surface area contributed by atoms with Crippen LogP contribution >= 0.6 is 12.2 Å². The zero-order chi connectivity index (χ0) is 13.0. The average molecular weight is 257 g/mol. The van der Waals surface area contributed by atoms with Crippen LogP contribution in [0.5, 0.6) is 5.75 Å². The summed E-state index contributed by atoms with van der Waals surface area (Å²) in [6, 6.07) is 15.8. The quantitative estimate of drug-likeness (QED) is 0.845. The average Bonchev–Trinajstić information content (AvgIpc) is 2.40. The lowest BCUT2D eigenvalue weighted by molar-refractivity contribution is 0.415. The summed E-state index contributed by atoms with van der Waals surface area (Å²) in [5.74, 6) is 0.835. The molecule has 0 aliphatic heterocycles. The number of nitrogens with one attached hydrogen (secondary N) is 1. The van der Waals surface area contributed by atoms with Crippen molar-refractivity contribution in [3.63, 3.8) is 0 Å². The fourth-order valence-corrected chi connectivity index (χ4v) is 1.84. The van der Waals surface area contributed by atoms with Gasteiger partial charge in [0.15, 0.2) is 0 Å². The first-order chi connectivity index (χ1) is 8.69. The second-order valence-corrected chi connectivity index (χ2v) is 4.46. The third kappa shape index (κ3) is 3.08. The fraction of sp³-hybridized carbons (Fsp3) is 0.133. The van der Waals surface area contributed by atoms with E-state index < -0.39 is 0 Å². The van der Waals surface area contributed by atoms with E-state index in [0.717, 1.165) is 22.0 Å². The molecule has 0 aliphatic carbocycles. The number of methoxy groups -OCH3 is 1. The van der Waals surface area contributed by atoms with Crippen molar-refractivity contribution in [1.29, 1.82) is 0 Å². The Labute approximate surface area is 113 Å². The minimum absolute atomic E-state index is 0.722. The molecule has 0 amide bonds. The van der Waals surface area contributed by atoms with Crippen molar-refractivity contribution in [2.75, 3.05) is 12.4 Å².